The number of methoxy groups -OCH3 is 2. The molecule has 0 radical (unpaired) electrons. The van der Waals surface area contributed by atoms with Crippen LogP contribution in [-0.2, 0) is 47.4 Å². The molecule has 2 aliphatic heterocycles. The Kier molecular flexibility index (Phi) is 15.8. The van der Waals surface area contributed by atoms with Crippen molar-refractivity contribution in [2.45, 2.75) is 61.4 Å². The highest BCUT2D eigenvalue weighted by Crippen LogP contribution is 2.39. The van der Waals surface area contributed by atoms with Crippen LogP contribution in [0.15, 0.2) is 182 Å². The maximum Gasteiger partial charge on any atom is 0.338 e. The summed E-state index contributed by atoms with van der Waals surface area (Å²) in [6, 6.07) is 47.2. The van der Waals surface area contributed by atoms with Crippen molar-refractivity contribution >= 4 is 35.8 Å². The third-order valence-electron chi connectivity index (χ3n) is 11.4. The SMILES string of the molecule is CO[C@H]1O[C@@H]([C@@H]2O[C@H](OC)[C@H](OC(=O)c3ccccc3)[C@@H](OC(=O)c3ccccc3)[C@@H]2OC(=O)c2ccccc2)[C@@H](OC(=O)c2ccccc2)[C@H](OC(=O)c2ccccc2)[C@H]1OC(=O)c1ccccc1. The number of benzene rings is 6. The normalized spacial score (nSPS) is 23.9. The number of carbonyl (C=O) groups excluding carboxylic acids is 6. The minimum atomic E-state index is -1.84. The summed E-state index contributed by atoms with van der Waals surface area (Å²) in [6.45, 7) is 0. The lowest BCUT2D eigenvalue weighted by molar-refractivity contribution is -0.349. The van der Waals surface area contributed by atoms with Crippen molar-refractivity contribution in [1.82, 2.24) is 0 Å². The van der Waals surface area contributed by atoms with Gasteiger partial charge in [0.2, 0.25) is 0 Å². The van der Waals surface area contributed by atoms with E-state index >= 15 is 0 Å². The Morgan fingerprint density at radius 1 is 0.286 bits per heavy atom. The molecule has 8 rings (SSSR count). The van der Waals surface area contributed by atoms with E-state index in [0.29, 0.717) is 0 Å². The fourth-order valence-electron chi connectivity index (χ4n) is 7.96. The van der Waals surface area contributed by atoms with Crippen LogP contribution >= 0.6 is 0 Å². The van der Waals surface area contributed by atoms with E-state index in [1.165, 1.54) is 87.0 Å². The Bertz CT molecular complexity index is 2520. The quantitative estimate of drug-likeness (QED) is 0.0748. The van der Waals surface area contributed by atoms with Crippen molar-refractivity contribution in [3.8, 4) is 0 Å². The molecule has 6 aromatic rings. The molecule has 6 aromatic carbocycles. The van der Waals surface area contributed by atoms with Gasteiger partial charge in [0.15, 0.2) is 49.2 Å². The van der Waals surface area contributed by atoms with Gasteiger partial charge in [-0.05, 0) is 72.8 Å². The van der Waals surface area contributed by atoms with Crippen molar-refractivity contribution in [1.29, 1.82) is 0 Å². The molecule has 16 heteroatoms. The minimum Gasteiger partial charge on any atom is -0.452 e. The van der Waals surface area contributed by atoms with E-state index in [9.17, 15) is 28.8 Å². The Labute approximate surface area is 401 Å². The van der Waals surface area contributed by atoms with E-state index < -0.39 is 97.2 Å². The second kappa shape index (κ2) is 22.9. The van der Waals surface area contributed by atoms with Gasteiger partial charge < -0.3 is 47.4 Å². The molecule has 16 nitrogen and oxygen atoms in total. The number of esters is 6. The molecule has 10 atom stereocenters. The molecule has 358 valence electrons. The minimum absolute atomic E-state index is 0.0509. The second-order valence-electron chi connectivity index (χ2n) is 15.8. The fraction of sp³-hybridized carbons (Fsp3) is 0.222. The molecule has 0 aliphatic carbocycles. The number of hydrogen-bond donors (Lipinski definition) is 0. The summed E-state index contributed by atoms with van der Waals surface area (Å²) in [5, 5.41) is 0. The average molecular weight is 951 g/mol. The van der Waals surface area contributed by atoms with Gasteiger partial charge in [-0.3, -0.25) is 0 Å². The van der Waals surface area contributed by atoms with E-state index in [0.717, 1.165) is 0 Å². The third kappa shape index (κ3) is 11.3. The molecule has 0 spiro atoms. The summed E-state index contributed by atoms with van der Waals surface area (Å²) in [5.41, 5.74) is 0.455. The Hall–Kier alpha value is -8.02. The van der Waals surface area contributed by atoms with Gasteiger partial charge in [-0.2, -0.15) is 0 Å². The second-order valence-corrected chi connectivity index (χ2v) is 15.8. The van der Waals surface area contributed by atoms with Crippen molar-refractivity contribution in [3.63, 3.8) is 0 Å². The molecule has 2 heterocycles. The van der Waals surface area contributed by atoms with Crippen molar-refractivity contribution in [3.05, 3.63) is 215 Å². The van der Waals surface area contributed by atoms with Gasteiger partial charge in [-0.25, -0.2) is 28.8 Å². The van der Waals surface area contributed by atoms with E-state index in [4.69, 9.17) is 47.4 Å². The highest BCUT2D eigenvalue weighted by molar-refractivity contribution is 5.93. The smallest absolute Gasteiger partial charge is 0.338 e. The zero-order valence-electron chi connectivity index (χ0n) is 37.6. The van der Waals surface area contributed by atoms with Crippen LogP contribution in [0.3, 0.4) is 0 Å². The van der Waals surface area contributed by atoms with Crippen molar-refractivity contribution in [2.24, 2.45) is 0 Å². The van der Waals surface area contributed by atoms with Gasteiger partial charge >= 0.3 is 35.8 Å². The lowest BCUT2D eigenvalue weighted by Crippen LogP contribution is -2.71. The number of hydrogen-bond acceptors (Lipinski definition) is 16. The van der Waals surface area contributed by atoms with Crippen LogP contribution in [0.1, 0.15) is 62.1 Å². The summed E-state index contributed by atoms with van der Waals surface area (Å²) in [7, 11) is 2.46. The Morgan fingerprint density at radius 3 is 0.671 bits per heavy atom. The van der Waals surface area contributed by atoms with Crippen LogP contribution in [0.4, 0.5) is 0 Å². The molecule has 2 fully saturated rings. The summed E-state index contributed by atoms with van der Waals surface area (Å²) < 4.78 is 62.2. The van der Waals surface area contributed by atoms with Gasteiger partial charge in [0.05, 0.1) is 33.4 Å². The first kappa shape index (κ1) is 48.4. The van der Waals surface area contributed by atoms with Crippen LogP contribution in [0, 0.1) is 0 Å². The van der Waals surface area contributed by atoms with Crippen LogP contribution in [0.25, 0.3) is 0 Å². The lowest BCUT2D eigenvalue weighted by Gasteiger charge is -2.51. The maximum absolute atomic E-state index is 14.3. The van der Waals surface area contributed by atoms with E-state index in [2.05, 4.69) is 0 Å². The average Bonchev–Trinajstić information content (AvgIpc) is 3.41. The summed E-state index contributed by atoms with van der Waals surface area (Å²) in [5.74, 6) is -5.55. The molecule has 70 heavy (non-hydrogen) atoms. The lowest BCUT2D eigenvalue weighted by atomic mass is 9.87. The van der Waals surface area contributed by atoms with Crippen LogP contribution in [-0.4, -0.2) is 111 Å². The topological polar surface area (TPSA) is 195 Å². The van der Waals surface area contributed by atoms with Crippen LogP contribution < -0.4 is 0 Å². The van der Waals surface area contributed by atoms with Gasteiger partial charge in [-0.15, -0.1) is 0 Å². The fourth-order valence-corrected chi connectivity index (χ4v) is 7.96. The molecule has 0 N–H and O–H groups in total. The number of carbonyl (C=O) groups is 6. The van der Waals surface area contributed by atoms with Gasteiger partial charge in [0, 0.05) is 14.2 Å². The monoisotopic (exact) mass is 950 g/mol. The molecule has 0 bridgehead atoms. The maximum atomic E-state index is 14.3. The Balaban J connectivity index is 1.29. The summed E-state index contributed by atoms with van der Waals surface area (Å²) in [6.07, 6.45) is -17.4. The Morgan fingerprint density at radius 2 is 0.471 bits per heavy atom. The van der Waals surface area contributed by atoms with Crippen molar-refractivity contribution in [2.75, 3.05) is 14.2 Å². The predicted octanol–water partition coefficient (Wildman–Crippen LogP) is 7.08. The third-order valence-corrected chi connectivity index (χ3v) is 11.4. The first-order chi connectivity index (χ1) is 34.1. The first-order valence-corrected chi connectivity index (χ1v) is 22.1. The van der Waals surface area contributed by atoms with Gasteiger partial charge in [-0.1, -0.05) is 109 Å². The summed E-state index contributed by atoms with van der Waals surface area (Å²) in [4.78, 5) is 85.0. The van der Waals surface area contributed by atoms with Gasteiger partial charge in [0.25, 0.3) is 0 Å². The van der Waals surface area contributed by atoms with Crippen molar-refractivity contribution < 1.29 is 76.1 Å². The molecule has 2 saturated heterocycles. The highest BCUT2D eigenvalue weighted by Gasteiger charge is 2.62. The number of rotatable bonds is 15. The van der Waals surface area contributed by atoms with E-state index in [-0.39, 0.29) is 33.4 Å². The molecule has 0 saturated carbocycles. The zero-order chi connectivity index (χ0) is 49.0. The van der Waals surface area contributed by atoms with Crippen LogP contribution in [0.2, 0.25) is 0 Å². The summed E-state index contributed by atoms with van der Waals surface area (Å²) >= 11 is 0. The zero-order valence-corrected chi connectivity index (χ0v) is 37.6. The van der Waals surface area contributed by atoms with E-state index in [1.807, 2.05) is 0 Å². The molecule has 0 amide bonds. The van der Waals surface area contributed by atoms with E-state index in [1.54, 1.807) is 109 Å². The molecule has 2 aliphatic rings. The predicted molar refractivity (Wildman–Crippen MR) is 245 cm³/mol. The van der Waals surface area contributed by atoms with Crippen LogP contribution in [0.5, 0.6) is 0 Å². The largest absolute Gasteiger partial charge is 0.452 e. The highest BCUT2D eigenvalue weighted by atomic mass is 16.8. The first-order valence-electron chi connectivity index (χ1n) is 22.1. The molecular formula is C54H46O16. The standard InChI is InChI=1S/C54H46O16/c1-61-53-45(67-51(59)37-29-17-7-18-30-37)43(65-49(57)35-25-13-5-14-26-35)39(63-47(55)33-21-9-3-10-22-33)41(69-53)42-40(64-48(56)34-23-11-4-12-24-34)44(66-50(58)36-27-15-6-16-28-36)46(54(62-2)70-42)68-52(60)38-31-19-8-20-32-38/h3-32,39-46,53-54H,1-2H3/t39-,40-,41-,42-,43+,44+,45-,46-,53+,54+/m1/s1. The molecule has 0 aromatic heterocycles. The number of ether oxygens (including phenoxy) is 10. The van der Waals surface area contributed by atoms with Gasteiger partial charge in [0.1, 0.15) is 12.2 Å². The molecular weight excluding hydrogens is 905 g/mol. The molecule has 0 unspecified atom stereocenters.